The topological polar surface area (TPSA) is 81.5 Å². The smallest absolute Gasteiger partial charge is 0.267 e. The third-order valence-electron chi connectivity index (χ3n) is 5.69. The lowest BCUT2D eigenvalue weighted by molar-refractivity contribution is 0.445. The Bertz CT molecular complexity index is 1490. The van der Waals surface area contributed by atoms with Crippen molar-refractivity contribution in [1.82, 2.24) is 14.1 Å². The lowest BCUT2D eigenvalue weighted by Gasteiger charge is -2.19. The minimum atomic E-state index is -3.67. The van der Waals surface area contributed by atoms with E-state index in [4.69, 9.17) is 4.74 Å². The average molecular weight is 490 g/mol. The fraction of sp³-hybridized carbons (Fsp3) is 0.185. The Hall–Kier alpha value is -3.75. The Morgan fingerprint density at radius 1 is 0.857 bits per heavy atom. The SMILES string of the molecule is CCN(CC)S(=O)(=O)c1cccc(-c2cc(=O)n(C)nc2-c2ccccc2Oc2ccccc2)c1. The van der Waals surface area contributed by atoms with Gasteiger partial charge in [-0.05, 0) is 42.0 Å². The summed E-state index contributed by atoms with van der Waals surface area (Å²) in [5.41, 5.74) is 1.99. The summed E-state index contributed by atoms with van der Waals surface area (Å²) in [6.07, 6.45) is 0. The van der Waals surface area contributed by atoms with Gasteiger partial charge in [0.05, 0.1) is 4.90 Å². The van der Waals surface area contributed by atoms with E-state index in [1.807, 2.05) is 54.6 Å². The number of hydrogen-bond acceptors (Lipinski definition) is 5. The van der Waals surface area contributed by atoms with Crippen molar-refractivity contribution in [2.45, 2.75) is 18.7 Å². The molecule has 35 heavy (non-hydrogen) atoms. The first kappa shape index (κ1) is 24.4. The minimum absolute atomic E-state index is 0.166. The van der Waals surface area contributed by atoms with E-state index in [0.29, 0.717) is 47.0 Å². The van der Waals surface area contributed by atoms with Crippen molar-refractivity contribution in [2.75, 3.05) is 13.1 Å². The third-order valence-corrected chi connectivity index (χ3v) is 7.74. The van der Waals surface area contributed by atoms with E-state index < -0.39 is 10.0 Å². The summed E-state index contributed by atoms with van der Waals surface area (Å²) in [6, 6.07) is 24.9. The molecule has 0 atom stereocenters. The van der Waals surface area contributed by atoms with Crippen LogP contribution < -0.4 is 10.3 Å². The van der Waals surface area contributed by atoms with Crippen LogP contribution in [0.1, 0.15) is 13.8 Å². The van der Waals surface area contributed by atoms with Crippen molar-refractivity contribution in [3.05, 3.63) is 95.3 Å². The third kappa shape index (κ3) is 5.03. The van der Waals surface area contributed by atoms with Gasteiger partial charge in [0.2, 0.25) is 10.0 Å². The molecular weight excluding hydrogens is 462 g/mol. The predicted octanol–water partition coefficient (Wildman–Crippen LogP) is 4.94. The Labute approximate surface area is 205 Å². The van der Waals surface area contributed by atoms with Crippen molar-refractivity contribution in [3.8, 4) is 33.9 Å². The predicted molar refractivity (Wildman–Crippen MR) is 137 cm³/mol. The molecule has 0 unspecified atom stereocenters. The van der Waals surface area contributed by atoms with E-state index >= 15 is 0 Å². The molecule has 1 heterocycles. The number of sulfonamides is 1. The van der Waals surface area contributed by atoms with Crippen LogP contribution in [-0.4, -0.2) is 35.6 Å². The number of ether oxygens (including phenoxy) is 1. The molecule has 0 spiro atoms. The van der Waals surface area contributed by atoms with Gasteiger partial charge in [-0.15, -0.1) is 0 Å². The van der Waals surface area contributed by atoms with Crippen LogP contribution in [0.3, 0.4) is 0 Å². The number of aromatic nitrogens is 2. The molecular formula is C27H27N3O4S. The molecule has 0 amide bonds. The van der Waals surface area contributed by atoms with Gasteiger partial charge in [0.25, 0.3) is 5.56 Å². The van der Waals surface area contributed by atoms with Gasteiger partial charge in [0, 0.05) is 37.3 Å². The number of rotatable bonds is 8. The highest BCUT2D eigenvalue weighted by molar-refractivity contribution is 7.89. The van der Waals surface area contributed by atoms with E-state index in [1.54, 1.807) is 45.2 Å². The zero-order valence-corrected chi connectivity index (χ0v) is 20.7. The fourth-order valence-electron chi connectivity index (χ4n) is 3.86. The van der Waals surface area contributed by atoms with Gasteiger partial charge in [-0.1, -0.05) is 56.3 Å². The van der Waals surface area contributed by atoms with Gasteiger partial charge in [-0.3, -0.25) is 4.79 Å². The summed E-state index contributed by atoms with van der Waals surface area (Å²) in [5, 5.41) is 4.55. The van der Waals surface area contributed by atoms with Gasteiger partial charge in [0.1, 0.15) is 17.2 Å². The molecule has 0 fully saturated rings. The number of benzene rings is 3. The number of aryl methyl sites for hydroxylation is 1. The maximum Gasteiger partial charge on any atom is 0.267 e. The molecule has 1 aromatic heterocycles. The largest absolute Gasteiger partial charge is 0.457 e. The quantitative estimate of drug-likeness (QED) is 0.350. The number of nitrogens with zero attached hydrogens (tertiary/aromatic N) is 3. The highest BCUT2D eigenvalue weighted by atomic mass is 32.2. The lowest BCUT2D eigenvalue weighted by atomic mass is 9.99. The number of hydrogen-bond donors (Lipinski definition) is 0. The molecule has 3 aromatic carbocycles. The first-order valence-electron chi connectivity index (χ1n) is 11.4. The van der Waals surface area contributed by atoms with E-state index in [2.05, 4.69) is 5.10 Å². The monoisotopic (exact) mass is 489 g/mol. The molecule has 4 aromatic rings. The highest BCUT2D eigenvalue weighted by Crippen LogP contribution is 2.37. The summed E-state index contributed by atoms with van der Waals surface area (Å²) in [4.78, 5) is 12.8. The second-order valence-corrected chi connectivity index (χ2v) is 9.83. The molecule has 0 N–H and O–H groups in total. The van der Waals surface area contributed by atoms with Crippen molar-refractivity contribution >= 4 is 10.0 Å². The van der Waals surface area contributed by atoms with E-state index in [1.165, 1.54) is 15.1 Å². The van der Waals surface area contributed by atoms with Crippen LogP contribution in [0.2, 0.25) is 0 Å². The summed E-state index contributed by atoms with van der Waals surface area (Å²) < 4.78 is 35.1. The molecule has 7 nitrogen and oxygen atoms in total. The lowest BCUT2D eigenvalue weighted by Crippen LogP contribution is -2.30. The van der Waals surface area contributed by atoms with Crippen LogP contribution in [0.4, 0.5) is 0 Å². The molecule has 4 rings (SSSR count). The Balaban J connectivity index is 1.88. The van der Waals surface area contributed by atoms with Crippen LogP contribution in [0.5, 0.6) is 11.5 Å². The molecule has 0 radical (unpaired) electrons. The van der Waals surface area contributed by atoms with Crippen LogP contribution in [0.15, 0.2) is 94.6 Å². The molecule has 0 saturated carbocycles. The van der Waals surface area contributed by atoms with Gasteiger partial charge in [0.15, 0.2) is 0 Å². The van der Waals surface area contributed by atoms with Crippen LogP contribution in [-0.2, 0) is 17.1 Å². The van der Waals surface area contributed by atoms with Crippen molar-refractivity contribution < 1.29 is 13.2 Å². The Morgan fingerprint density at radius 2 is 1.54 bits per heavy atom. The second kappa shape index (κ2) is 10.2. The molecule has 0 aliphatic carbocycles. The summed E-state index contributed by atoms with van der Waals surface area (Å²) >= 11 is 0. The standard InChI is InChI=1S/C27H27N3O4S/c1-4-30(5-2)35(32,33)22-15-11-12-20(18-22)24-19-26(31)29(3)28-27(24)23-16-9-10-17-25(23)34-21-13-7-6-8-14-21/h6-19H,4-5H2,1-3H3. The van der Waals surface area contributed by atoms with Crippen LogP contribution >= 0.6 is 0 Å². The van der Waals surface area contributed by atoms with Gasteiger partial charge in [-0.2, -0.15) is 9.40 Å². The first-order chi connectivity index (χ1) is 16.8. The summed E-state index contributed by atoms with van der Waals surface area (Å²) in [7, 11) is -2.09. The van der Waals surface area contributed by atoms with E-state index in [0.717, 1.165) is 0 Å². The Morgan fingerprint density at radius 3 is 2.26 bits per heavy atom. The molecule has 180 valence electrons. The zero-order chi connectivity index (χ0) is 25.0. The first-order valence-corrected chi connectivity index (χ1v) is 12.8. The van der Waals surface area contributed by atoms with Crippen LogP contribution in [0.25, 0.3) is 22.4 Å². The second-order valence-electron chi connectivity index (χ2n) is 7.90. The van der Waals surface area contributed by atoms with E-state index in [-0.39, 0.29) is 10.5 Å². The fourth-order valence-corrected chi connectivity index (χ4v) is 5.37. The van der Waals surface area contributed by atoms with Crippen molar-refractivity contribution in [1.29, 1.82) is 0 Å². The minimum Gasteiger partial charge on any atom is -0.457 e. The summed E-state index contributed by atoms with van der Waals surface area (Å²) in [5.74, 6) is 1.23. The van der Waals surface area contributed by atoms with Crippen molar-refractivity contribution in [3.63, 3.8) is 0 Å². The molecule has 8 heteroatoms. The molecule has 0 aliphatic rings. The van der Waals surface area contributed by atoms with E-state index in [9.17, 15) is 13.2 Å². The van der Waals surface area contributed by atoms with Crippen molar-refractivity contribution in [2.24, 2.45) is 7.05 Å². The molecule has 0 bridgehead atoms. The normalized spacial score (nSPS) is 11.5. The van der Waals surface area contributed by atoms with Crippen LogP contribution in [0, 0.1) is 0 Å². The van der Waals surface area contributed by atoms with Gasteiger partial charge < -0.3 is 4.74 Å². The zero-order valence-electron chi connectivity index (χ0n) is 19.9. The summed E-state index contributed by atoms with van der Waals surface area (Å²) in [6.45, 7) is 4.34. The number of para-hydroxylation sites is 2. The average Bonchev–Trinajstić information content (AvgIpc) is 2.87. The van der Waals surface area contributed by atoms with Gasteiger partial charge in [-0.25, -0.2) is 13.1 Å². The maximum absolute atomic E-state index is 13.1. The van der Waals surface area contributed by atoms with Gasteiger partial charge >= 0.3 is 0 Å². The highest BCUT2D eigenvalue weighted by Gasteiger charge is 2.23. The maximum atomic E-state index is 13.1. The molecule has 0 aliphatic heterocycles. The molecule has 0 saturated heterocycles. The Kier molecular flexibility index (Phi) is 7.14.